The number of H-pyrrole nitrogens is 1. The Morgan fingerprint density at radius 3 is 2.75 bits per heavy atom. The first-order valence-corrected chi connectivity index (χ1v) is 11.1. The molecule has 0 saturated carbocycles. The highest BCUT2D eigenvalue weighted by atomic mass is 19.1. The minimum absolute atomic E-state index is 0.108. The molecule has 0 aliphatic carbocycles. The molecule has 4 atom stereocenters. The zero-order valence-corrected chi connectivity index (χ0v) is 17.5. The van der Waals surface area contributed by atoms with E-state index < -0.39 is 6.10 Å². The van der Waals surface area contributed by atoms with Crippen LogP contribution in [0.5, 0.6) is 0 Å². The van der Waals surface area contributed by atoms with Crippen LogP contribution in [0.25, 0.3) is 22.4 Å². The number of aliphatic hydroxyl groups excluding tert-OH is 1. The second kappa shape index (κ2) is 8.08. The summed E-state index contributed by atoms with van der Waals surface area (Å²) >= 11 is 0. The van der Waals surface area contributed by atoms with Crippen molar-refractivity contribution in [3.05, 3.63) is 42.3 Å². The van der Waals surface area contributed by atoms with Gasteiger partial charge < -0.3 is 29.2 Å². The predicted octanol–water partition coefficient (Wildman–Crippen LogP) is 2.28. The molecule has 0 radical (unpaired) electrons. The fraction of sp³-hybridized carbons (Fsp3) is 0.478. The van der Waals surface area contributed by atoms with Gasteiger partial charge in [-0.05, 0) is 43.2 Å². The molecule has 1 aromatic carbocycles. The van der Waals surface area contributed by atoms with Crippen LogP contribution in [0, 0.1) is 5.82 Å². The van der Waals surface area contributed by atoms with Crippen molar-refractivity contribution in [3.8, 4) is 11.4 Å². The number of aliphatic hydroxyl groups is 1. The molecule has 6 rings (SSSR count). The number of anilines is 1. The molecule has 1 unspecified atom stereocenters. The maximum Gasteiger partial charge on any atom is 0.140 e. The standard InChI is InChI=1S/C23H25FN4O4/c24-14-2-3-16-17(9-14)27-23(26-16)13-1-4-20(25-10-13)28-7-5-15(6-8-28)32-19-12-31-21-18(29)11-30-22(19)21/h1-4,9-10,15,18-19,21-22,29H,5-8,11-12H2,(H,26,27)/t18-,19+,21?,22-/m1/s1. The number of piperidine rings is 1. The number of pyridine rings is 1. The van der Waals surface area contributed by atoms with E-state index >= 15 is 0 Å². The van der Waals surface area contributed by atoms with Crippen molar-refractivity contribution in [2.75, 3.05) is 31.2 Å². The quantitative estimate of drug-likeness (QED) is 0.643. The number of rotatable bonds is 4. The molecule has 2 N–H and O–H groups in total. The number of hydrogen-bond acceptors (Lipinski definition) is 7. The molecule has 3 aromatic rings. The first kappa shape index (κ1) is 20.0. The topological polar surface area (TPSA) is 92.7 Å². The Morgan fingerprint density at radius 1 is 1.09 bits per heavy atom. The summed E-state index contributed by atoms with van der Waals surface area (Å²) in [6.07, 6.45) is 2.67. The maximum atomic E-state index is 13.4. The normalized spacial score (nSPS) is 28.5. The number of imidazole rings is 1. The zero-order valence-electron chi connectivity index (χ0n) is 17.5. The highest BCUT2D eigenvalue weighted by molar-refractivity contribution is 5.79. The van der Waals surface area contributed by atoms with Gasteiger partial charge in [0.05, 0.1) is 30.4 Å². The van der Waals surface area contributed by atoms with Crippen LogP contribution in [-0.2, 0) is 14.2 Å². The lowest BCUT2D eigenvalue weighted by molar-refractivity contribution is -0.0782. The molecule has 0 bridgehead atoms. The van der Waals surface area contributed by atoms with Crippen LogP contribution in [0.2, 0.25) is 0 Å². The van der Waals surface area contributed by atoms with E-state index in [2.05, 4.69) is 19.9 Å². The van der Waals surface area contributed by atoms with E-state index in [4.69, 9.17) is 14.2 Å². The molecule has 3 fully saturated rings. The summed E-state index contributed by atoms with van der Waals surface area (Å²) in [7, 11) is 0. The Balaban J connectivity index is 1.07. The Bertz CT molecular complexity index is 1100. The third-order valence-corrected chi connectivity index (χ3v) is 6.58. The number of hydrogen-bond donors (Lipinski definition) is 2. The van der Waals surface area contributed by atoms with Gasteiger partial charge in [0, 0.05) is 24.8 Å². The van der Waals surface area contributed by atoms with E-state index in [0.29, 0.717) is 24.6 Å². The van der Waals surface area contributed by atoms with Crippen LogP contribution >= 0.6 is 0 Å². The number of ether oxygens (including phenoxy) is 3. The average molecular weight is 440 g/mol. The Morgan fingerprint density at radius 2 is 1.94 bits per heavy atom. The number of halogens is 1. The minimum Gasteiger partial charge on any atom is -0.388 e. The third kappa shape index (κ3) is 3.65. The highest BCUT2D eigenvalue weighted by Gasteiger charge is 2.48. The molecule has 32 heavy (non-hydrogen) atoms. The second-order valence-electron chi connectivity index (χ2n) is 8.68. The average Bonchev–Trinajstić information content (AvgIpc) is 3.51. The lowest BCUT2D eigenvalue weighted by atomic mass is 10.1. The molecular formula is C23H25FN4O4. The van der Waals surface area contributed by atoms with Gasteiger partial charge in [-0.2, -0.15) is 0 Å². The smallest absolute Gasteiger partial charge is 0.140 e. The van der Waals surface area contributed by atoms with Gasteiger partial charge in [-0.3, -0.25) is 0 Å². The maximum absolute atomic E-state index is 13.4. The van der Waals surface area contributed by atoms with Gasteiger partial charge in [0.2, 0.25) is 0 Å². The van der Waals surface area contributed by atoms with Crippen molar-refractivity contribution in [1.82, 2.24) is 15.0 Å². The molecule has 0 amide bonds. The van der Waals surface area contributed by atoms with Gasteiger partial charge >= 0.3 is 0 Å². The minimum atomic E-state index is -0.551. The van der Waals surface area contributed by atoms with Crippen molar-refractivity contribution >= 4 is 16.9 Å². The van der Waals surface area contributed by atoms with Gasteiger partial charge in [0.25, 0.3) is 0 Å². The fourth-order valence-electron chi connectivity index (χ4n) is 4.86. The molecule has 5 heterocycles. The van der Waals surface area contributed by atoms with E-state index in [-0.39, 0.29) is 30.2 Å². The van der Waals surface area contributed by atoms with Crippen molar-refractivity contribution in [1.29, 1.82) is 0 Å². The molecule has 3 saturated heterocycles. The third-order valence-electron chi connectivity index (χ3n) is 6.58. The van der Waals surface area contributed by atoms with Crippen LogP contribution in [0.3, 0.4) is 0 Å². The van der Waals surface area contributed by atoms with Gasteiger partial charge in [-0.1, -0.05) is 0 Å². The number of aromatic amines is 1. The molecule has 2 aromatic heterocycles. The molecule has 8 nitrogen and oxygen atoms in total. The Kier molecular flexibility index (Phi) is 5.06. The van der Waals surface area contributed by atoms with Gasteiger partial charge in [0.15, 0.2) is 0 Å². The zero-order chi connectivity index (χ0) is 21.7. The largest absolute Gasteiger partial charge is 0.388 e. The Hall–Kier alpha value is -2.59. The summed E-state index contributed by atoms with van der Waals surface area (Å²) in [5, 5.41) is 9.88. The van der Waals surface area contributed by atoms with Gasteiger partial charge in [-0.15, -0.1) is 0 Å². The van der Waals surface area contributed by atoms with E-state index in [0.717, 1.165) is 42.8 Å². The van der Waals surface area contributed by atoms with E-state index in [1.54, 1.807) is 12.3 Å². The lowest BCUT2D eigenvalue weighted by Crippen LogP contribution is -2.41. The lowest BCUT2D eigenvalue weighted by Gasteiger charge is -2.34. The summed E-state index contributed by atoms with van der Waals surface area (Å²) in [6.45, 7) is 2.50. The summed E-state index contributed by atoms with van der Waals surface area (Å²) in [6, 6.07) is 8.49. The van der Waals surface area contributed by atoms with E-state index in [9.17, 15) is 9.50 Å². The number of fused-ring (bicyclic) bond motifs is 2. The predicted molar refractivity (Wildman–Crippen MR) is 115 cm³/mol. The van der Waals surface area contributed by atoms with Gasteiger partial charge in [-0.25, -0.2) is 14.4 Å². The second-order valence-corrected chi connectivity index (χ2v) is 8.68. The monoisotopic (exact) mass is 440 g/mol. The molecule has 168 valence electrons. The first-order valence-electron chi connectivity index (χ1n) is 11.1. The van der Waals surface area contributed by atoms with Crippen LogP contribution in [0.15, 0.2) is 36.5 Å². The molecule has 3 aliphatic heterocycles. The molecule has 9 heteroatoms. The van der Waals surface area contributed by atoms with Crippen LogP contribution in [-0.4, -0.2) is 76.9 Å². The fourth-order valence-corrected chi connectivity index (χ4v) is 4.86. The summed E-state index contributed by atoms with van der Waals surface area (Å²) in [5.74, 6) is 1.30. The Labute approximate surface area is 184 Å². The number of nitrogens with one attached hydrogen (secondary N) is 1. The van der Waals surface area contributed by atoms with Crippen molar-refractivity contribution in [2.45, 2.75) is 43.4 Å². The molecule has 0 spiro atoms. The number of aromatic nitrogens is 3. The van der Waals surface area contributed by atoms with Crippen LogP contribution in [0.4, 0.5) is 10.2 Å². The van der Waals surface area contributed by atoms with Crippen LogP contribution in [0.1, 0.15) is 12.8 Å². The molecule has 3 aliphatic rings. The first-order chi connectivity index (χ1) is 15.6. The van der Waals surface area contributed by atoms with E-state index in [1.165, 1.54) is 12.1 Å². The number of benzene rings is 1. The summed E-state index contributed by atoms with van der Waals surface area (Å²) in [5.41, 5.74) is 2.25. The van der Waals surface area contributed by atoms with Crippen molar-refractivity contribution < 1.29 is 23.7 Å². The summed E-state index contributed by atoms with van der Waals surface area (Å²) in [4.78, 5) is 14.6. The summed E-state index contributed by atoms with van der Waals surface area (Å²) < 4.78 is 31.0. The van der Waals surface area contributed by atoms with Crippen LogP contribution < -0.4 is 4.90 Å². The molecular weight excluding hydrogens is 415 g/mol. The SMILES string of the molecule is O[C@@H]1CO[C@H]2C1OC[C@@H]2OC1CCN(c2ccc(-c3nc4ccc(F)cc4[nH]3)cn2)CC1. The van der Waals surface area contributed by atoms with Crippen molar-refractivity contribution in [2.24, 2.45) is 0 Å². The van der Waals surface area contributed by atoms with Gasteiger partial charge in [0.1, 0.15) is 41.9 Å². The highest BCUT2D eigenvalue weighted by Crippen LogP contribution is 2.31. The van der Waals surface area contributed by atoms with E-state index in [1.807, 2.05) is 12.1 Å². The number of nitrogens with zero attached hydrogens (tertiary/aromatic N) is 3. The van der Waals surface area contributed by atoms with Crippen molar-refractivity contribution in [3.63, 3.8) is 0 Å².